The number of fused-ring (bicyclic) bond motifs is 1. The highest BCUT2D eigenvalue weighted by Crippen LogP contribution is 2.38. The Hall–Kier alpha value is -4.89. The van der Waals surface area contributed by atoms with Crippen LogP contribution >= 0.6 is 46.3 Å². The summed E-state index contributed by atoms with van der Waals surface area (Å²) in [7, 11) is 0. The van der Waals surface area contributed by atoms with Gasteiger partial charge < -0.3 is 16.0 Å². The summed E-state index contributed by atoms with van der Waals surface area (Å²) in [6.07, 6.45) is 2.77. The molecule has 0 fully saturated rings. The number of hydrogen-bond donors (Lipinski definition) is 3. The predicted molar refractivity (Wildman–Crippen MR) is 215 cm³/mol. The smallest absolute Gasteiger partial charge is 0.272 e. The minimum absolute atomic E-state index is 0.0259. The van der Waals surface area contributed by atoms with Crippen molar-refractivity contribution in [2.45, 2.75) is 43.0 Å². The minimum atomic E-state index is -0.569. The van der Waals surface area contributed by atoms with Crippen molar-refractivity contribution in [2.24, 2.45) is 0 Å². The molecular formula is C41H35Cl2N5O3S2. The van der Waals surface area contributed by atoms with E-state index in [1.54, 1.807) is 66.7 Å². The van der Waals surface area contributed by atoms with E-state index in [-0.39, 0.29) is 11.6 Å². The fraction of sp³-hybridized carbons (Fsp3) is 0.171. The Balaban J connectivity index is 1.14. The van der Waals surface area contributed by atoms with Gasteiger partial charge in [-0.1, -0.05) is 90.8 Å². The van der Waals surface area contributed by atoms with Gasteiger partial charge in [-0.2, -0.15) is 5.26 Å². The Kier molecular flexibility index (Phi) is 12.7. The van der Waals surface area contributed by atoms with Crippen molar-refractivity contribution in [3.63, 3.8) is 0 Å². The maximum Gasteiger partial charge on any atom is 0.272 e. The lowest BCUT2D eigenvalue weighted by Gasteiger charge is -2.26. The van der Waals surface area contributed by atoms with Gasteiger partial charge in [0, 0.05) is 50.7 Å². The zero-order valence-corrected chi connectivity index (χ0v) is 31.8. The second kappa shape index (κ2) is 17.8. The number of thioether (sulfide) groups is 1. The van der Waals surface area contributed by atoms with E-state index in [1.807, 2.05) is 31.2 Å². The van der Waals surface area contributed by atoms with Crippen LogP contribution in [0.25, 0.3) is 6.08 Å². The number of halogens is 2. The number of nitrogens with zero attached hydrogens (tertiary/aromatic N) is 2. The van der Waals surface area contributed by atoms with Crippen LogP contribution < -0.4 is 16.0 Å². The molecule has 8 nitrogen and oxygen atoms in total. The maximum absolute atomic E-state index is 13.7. The van der Waals surface area contributed by atoms with Crippen molar-refractivity contribution in [3.05, 3.63) is 152 Å². The predicted octanol–water partition coefficient (Wildman–Crippen LogP) is 9.40. The van der Waals surface area contributed by atoms with E-state index in [2.05, 4.69) is 39.1 Å². The number of nitriles is 1. The summed E-state index contributed by atoms with van der Waals surface area (Å²) in [4.78, 5) is 44.6. The Bertz CT molecular complexity index is 2200. The lowest BCUT2D eigenvalue weighted by Crippen LogP contribution is -2.30. The summed E-state index contributed by atoms with van der Waals surface area (Å²) in [5.41, 5.74) is 4.12. The molecule has 1 aromatic heterocycles. The molecule has 0 spiro atoms. The lowest BCUT2D eigenvalue weighted by atomic mass is 10.0. The Morgan fingerprint density at radius 3 is 2.43 bits per heavy atom. The van der Waals surface area contributed by atoms with Gasteiger partial charge in [-0.05, 0) is 78.1 Å². The topological polar surface area (TPSA) is 114 Å². The van der Waals surface area contributed by atoms with Gasteiger partial charge >= 0.3 is 0 Å². The van der Waals surface area contributed by atoms with Gasteiger partial charge in [-0.3, -0.25) is 19.3 Å². The molecule has 0 bridgehead atoms. The van der Waals surface area contributed by atoms with Crippen LogP contribution in [0.4, 0.5) is 10.7 Å². The van der Waals surface area contributed by atoms with Crippen molar-refractivity contribution in [2.75, 3.05) is 17.2 Å². The van der Waals surface area contributed by atoms with Gasteiger partial charge in [0.05, 0.1) is 10.8 Å². The third-order valence-corrected chi connectivity index (χ3v) is 11.6. The van der Waals surface area contributed by atoms with Crippen molar-refractivity contribution < 1.29 is 14.4 Å². The van der Waals surface area contributed by atoms with E-state index in [9.17, 15) is 19.6 Å². The standard InChI is InChI=1S/C41H35Cl2N5O3S2/c1-2-36(40(51)47-41-33(23-44)32-18-19-48(25-37(32)53-41)24-26-10-5-3-6-11-26)52-31-15-9-14-30(22-31)45-39(50)35(20-28-16-17-29(42)21-34(28)43)46-38(49)27-12-7-4-8-13-27/h3-17,20-22,36H,2,18-19,24-25H2,1H3,(H,45,50)(H,46,49)(H,47,51)/b35-20+. The largest absolute Gasteiger partial charge is 0.321 e. The first-order chi connectivity index (χ1) is 25.7. The van der Waals surface area contributed by atoms with Crippen LogP contribution in [-0.2, 0) is 29.1 Å². The van der Waals surface area contributed by atoms with Crippen molar-refractivity contribution in [1.82, 2.24) is 10.2 Å². The van der Waals surface area contributed by atoms with E-state index in [4.69, 9.17) is 23.2 Å². The Morgan fingerprint density at radius 1 is 0.962 bits per heavy atom. The zero-order chi connectivity index (χ0) is 37.3. The molecule has 53 heavy (non-hydrogen) atoms. The van der Waals surface area contributed by atoms with Gasteiger partial charge in [-0.15, -0.1) is 23.1 Å². The first-order valence-electron chi connectivity index (χ1n) is 16.9. The molecule has 12 heteroatoms. The van der Waals surface area contributed by atoms with Crippen LogP contribution in [0, 0.1) is 11.3 Å². The molecule has 6 rings (SSSR count). The molecule has 0 saturated carbocycles. The molecule has 0 aliphatic carbocycles. The first-order valence-corrected chi connectivity index (χ1v) is 19.4. The molecule has 5 aromatic rings. The van der Waals surface area contributed by atoms with Crippen LogP contribution in [0.1, 0.15) is 50.8 Å². The quantitative estimate of drug-likeness (QED) is 0.0859. The summed E-state index contributed by atoms with van der Waals surface area (Å²) in [5, 5.41) is 19.6. The summed E-state index contributed by atoms with van der Waals surface area (Å²) in [6, 6.07) is 33.2. The lowest BCUT2D eigenvalue weighted by molar-refractivity contribution is -0.116. The second-order valence-corrected chi connectivity index (χ2v) is 15.5. The third kappa shape index (κ3) is 9.76. The number of carbonyl (C=O) groups excluding carboxylic acids is 3. The first kappa shape index (κ1) is 37.9. The average molecular weight is 781 g/mol. The van der Waals surface area contributed by atoms with E-state index in [0.29, 0.717) is 43.8 Å². The molecule has 1 unspecified atom stereocenters. The highest BCUT2D eigenvalue weighted by atomic mass is 35.5. The molecule has 1 aliphatic heterocycles. The average Bonchev–Trinajstić information content (AvgIpc) is 3.51. The number of anilines is 2. The molecule has 2 heterocycles. The monoisotopic (exact) mass is 779 g/mol. The molecule has 268 valence electrons. The molecular weight excluding hydrogens is 746 g/mol. The van der Waals surface area contributed by atoms with Gasteiger partial charge in [0.2, 0.25) is 5.91 Å². The van der Waals surface area contributed by atoms with Crippen molar-refractivity contribution in [1.29, 1.82) is 5.26 Å². The number of nitrogens with one attached hydrogen (secondary N) is 3. The highest BCUT2D eigenvalue weighted by Gasteiger charge is 2.27. The van der Waals surface area contributed by atoms with Crippen LogP contribution in [0.15, 0.2) is 114 Å². The summed E-state index contributed by atoms with van der Waals surface area (Å²) in [6.45, 7) is 4.33. The van der Waals surface area contributed by atoms with Gasteiger partial charge in [0.25, 0.3) is 11.8 Å². The van der Waals surface area contributed by atoms with Crippen LogP contribution in [0.3, 0.4) is 0 Å². The number of amides is 3. The van der Waals surface area contributed by atoms with Crippen LogP contribution in [0.5, 0.6) is 0 Å². The Morgan fingerprint density at radius 2 is 1.72 bits per heavy atom. The second-order valence-electron chi connectivity index (χ2n) is 12.3. The van der Waals surface area contributed by atoms with Gasteiger partial charge in [0.1, 0.15) is 16.8 Å². The fourth-order valence-corrected chi connectivity index (χ4v) is 8.60. The van der Waals surface area contributed by atoms with E-state index >= 15 is 0 Å². The fourth-order valence-electron chi connectivity index (χ4n) is 5.88. The maximum atomic E-state index is 13.7. The summed E-state index contributed by atoms with van der Waals surface area (Å²) >= 11 is 15.3. The minimum Gasteiger partial charge on any atom is -0.321 e. The number of benzene rings is 4. The molecule has 3 amide bonds. The summed E-state index contributed by atoms with van der Waals surface area (Å²) < 4.78 is 0. The van der Waals surface area contributed by atoms with Gasteiger partial charge in [-0.25, -0.2) is 0 Å². The van der Waals surface area contributed by atoms with E-state index in [1.165, 1.54) is 34.7 Å². The van der Waals surface area contributed by atoms with E-state index in [0.717, 1.165) is 41.4 Å². The van der Waals surface area contributed by atoms with E-state index < -0.39 is 17.1 Å². The SMILES string of the molecule is CCC(Sc1cccc(NC(=O)/C(=C\c2ccc(Cl)cc2Cl)NC(=O)c2ccccc2)c1)C(=O)Nc1sc2c(c1C#N)CCN(Cc1ccccc1)C2. The highest BCUT2D eigenvalue weighted by molar-refractivity contribution is 8.00. The van der Waals surface area contributed by atoms with Crippen LogP contribution in [0.2, 0.25) is 10.0 Å². The number of carbonyl (C=O) groups is 3. The van der Waals surface area contributed by atoms with Crippen molar-refractivity contribution >= 4 is 80.8 Å². The zero-order valence-electron chi connectivity index (χ0n) is 28.7. The molecule has 4 aromatic carbocycles. The molecule has 1 atom stereocenters. The normalized spacial score (nSPS) is 13.4. The number of rotatable bonds is 12. The summed E-state index contributed by atoms with van der Waals surface area (Å²) in [5.74, 6) is -1.23. The van der Waals surface area contributed by atoms with Crippen molar-refractivity contribution in [3.8, 4) is 6.07 Å². The molecule has 1 aliphatic rings. The van der Waals surface area contributed by atoms with Gasteiger partial charge in [0.15, 0.2) is 0 Å². The third-order valence-electron chi connectivity index (χ3n) is 8.56. The molecule has 3 N–H and O–H groups in total. The Labute approximate surface area is 326 Å². The number of thiophene rings is 1. The number of hydrogen-bond acceptors (Lipinski definition) is 7. The molecule has 0 saturated heterocycles. The molecule has 0 radical (unpaired) electrons. The van der Waals surface area contributed by atoms with Crippen LogP contribution in [-0.4, -0.2) is 34.4 Å².